The van der Waals surface area contributed by atoms with Crippen molar-refractivity contribution >= 4 is 17.6 Å². The molecule has 5 heteroatoms. The number of hydrogen-bond acceptors (Lipinski definition) is 3. The molecule has 0 bridgehead atoms. The van der Waals surface area contributed by atoms with Gasteiger partial charge in [0.2, 0.25) is 5.91 Å². The Balaban J connectivity index is 1.35. The average molecular weight is 337 g/mol. The topological polar surface area (TPSA) is 75.6 Å². The molecule has 1 fully saturated rings. The van der Waals surface area contributed by atoms with Crippen LogP contribution in [0, 0.1) is 5.92 Å². The minimum Gasteiger partial charge on any atom is -0.493 e. The maximum atomic E-state index is 12.2. The molecule has 2 aromatic rings. The van der Waals surface area contributed by atoms with Crippen LogP contribution >= 0.6 is 0 Å². The van der Waals surface area contributed by atoms with E-state index < -0.39 is 5.97 Å². The zero-order valence-electron chi connectivity index (χ0n) is 13.7. The van der Waals surface area contributed by atoms with Crippen LogP contribution in [0.1, 0.15) is 29.0 Å². The molecule has 0 unspecified atom stereocenters. The van der Waals surface area contributed by atoms with E-state index in [2.05, 4.69) is 5.32 Å². The Morgan fingerprint density at radius 2 is 1.96 bits per heavy atom. The molecule has 1 saturated carbocycles. The number of fused-ring (bicyclic) bond motifs is 1. The Labute approximate surface area is 145 Å². The number of ether oxygens (including phenoxy) is 1. The fraction of sp³-hybridized carbons (Fsp3) is 0.300. The van der Waals surface area contributed by atoms with E-state index >= 15 is 0 Å². The molecule has 1 amide bonds. The maximum Gasteiger partial charge on any atom is 0.307 e. The standard InChI is InChI=1S/C20H19NO4/c22-19(10-12-1-6-18-14(9-12)7-8-25-18)21-15-4-2-13(3-5-15)16-11-17(16)20(23)24/h1-6,9,16-17H,7-8,10-11H2,(H,21,22)(H,23,24)/t16-,17+/m0/s1. The van der Waals surface area contributed by atoms with Crippen molar-refractivity contribution < 1.29 is 19.4 Å². The van der Waals surface area contributed by atoms with Crippen molar-refractivity contribution in [2.24, 2.45) is 5.92 Å². The molecule has 0 saturated heterocycles. The van der Waals surface area contributed by atoms with Crippen LogP contribution in [0.15, 0.2) is 42.5 Å². The quantitative estimate of drug-likeness (QED) is 0.879. The Morgan fingerprint density at radius 3 is 2.68 bits per heavy atom. The van der Waals surface area contributed by atoms with Crippen molar-refractivity contribution in [3.8, 4) is 5.75 Å². The lowest BCUT2D eigenvalue weighted by atomic mass is 10.1. The lowest BCUT2D eigenvalue weighted by molar-refractivity contribution is -0.138. The lowest BCUT2D eigenvalue weighted by Crippen LogP contribution is -2.14. The smallest absolute Gasteiger partial charge is 0.307 e. The molecule has 0 radical (unpaired) electrons. The third kappa shape index (κ3) is 3.36. The second kappa shape index (κ2) is 6.24. The summed E-state index contributed by atoms with van der Waals surface area (Å²) in [6.07, 6.45) is 1.91. The predicted octanol–water partition coefficient (Wildman–Crippen LogP) is 2.99. The van der Waals surface area contributed by atoms with E-state index in [0.29, 0.717) is 19.4 Å². The first-order valence-electron chi connectivity index (χ1n) is 8.47. The first-order valence-corrected chi connectivity index (χ1v) is 8.47. The summed E-state index contributed by atoms with van der Waals surface area (Å²) in [4.78, 5) is 23.2. The summed E-state index contributed by atoms with van der Waals surface area (Å²) in [6, 6.07) is 13.3. The van der Waals surface area contributed by atoms with Crippen LogP contribution in [0.5, 0.6) is 5.75 Å². The second-order valence-corrected chi connectivity index (χ2v) is 6.67. The zero-order chi connectivity index (χ0) is 17.4. The van der Waals surface area contributed by atoms with Gasteiger partial charge in [-0.3, -0.25) is 9.59 Å². The van der Waals surface area contributed by atoms with E-state index in [-0.39, 0.29) is 17.7 Å². The monoisotopic (exact) mass is 337 g/mol. The molecule has 1 heterocycles. The molecule has 0 aromatic heterocycles. The average Bonchev–Trinajstić information content (AvgIpc) is 3.26. The van der Waals surface area contributed by atoms with Gasteiger partial charge in [-0.25, -0.2) is 0 Å². The fourth-order valence-electron chi connectivity index (χ4n) is 3.39. The first-order chi connectivity index (χ1) is 12.1. The Hall–Kier alpha value is -2.82. The van der Waals surface area contributed by atoms with Gasteiger partial charge >= 0.3 is 5.97 Å². The molecule has 0 spiro atoms. The number of carbonyl (C=O) groups is 2. The maximum absolute atomic E-state index is 12.2. The van der Waals surface area contributed by atoms with E-state index in [0.717, 1.165) is 34.5 Å². The van der Waals surface area contributed by atoms with Crippen LogP contribution < -0.4 is 10.1 Å². The molecule has 2 N–H and O–H groups in total. The number of anilines is 1. The van der Waals surface area contributed by atoms with Gasteiger partial charge in [-0.1, -0.05) is 24.3 Å². The predicted molar refractivity (Wildman–Crippen MR) is 92.9 cm³/mol. The number of aliphatic carboxylic acids is 1. The molecule has 5 nitrogen and oxygen atoms in total. The van der Waals surface area contributed by atoms with Gasteiger partial charge < -0.3 is 15.2 Å². The highest BCUT2D eigenvalue weighted by Gasteiger charge is 2.43. The summed E-state index contributed by atoms with van der Waals surface area (Å²) < 4.78 is 5.47. The number of carbonyl (C=O) groups excluding carboxylic acids is 1. The summed E-state index contributed by atoms with van der Waals surface area (Å²) in [6.45, 7) is 0.709. The van der Waals surface area contributed by atoms with E-state index in [1.807, 2.05) is 42.5 Å². The van der Waals surface area contributed by atoms with E-state index in [1.54, 1.807) is 0 Å². The van der Waals surface area contributed by atoms with Gasteiger partial charge in [-0.05, 0) is 47.2 Å². The van der Waals surface area contributed by atoms with Crippen molar-refractivity contribution in [1.29, 1.82) is 0 Å². The molecular weight excluding hydrogens is 318 g/mol. The van der Waals surface area contributed by atoms with Crippen LogP contribution in [0.3, 0.4) is 0 Å². The van der Waals surface area contributed by atoms with Gasteiger partial charge in [-0.15, -0.1) is 0 Å². The summed E-state index contributed by atoms with van der Waals surface area (Å²) in [7, 11) is 0. The number of carboxylic acids is 1. The summed E-state index contributed by atoms with van der Waals surface area (Å²) in [5, 5.41) is 11.9. The molecule has 128 valence electrons. The Bertz CT molecular complexity index is 828. The van der Waals surface area contributed by atoms with E-state index in [1.165, 1.54) is 0 Å². The number of nitrogens with one attached hydrogen (secondary N) is 1. The summed E-state index contributed by atoms with van der Waals surface area (Å²) in [5.41, 5.74) is 3.88. The molecule has 2 atom stereocenters. The Kier molecular flexibility index (Phi) is 3.92. The van der Waals surface area contributed by atoms with Crippen LogP contribution in [0.2, 0.25) is 0 Å². The second-order valence-electron chi connectivity index (χ2n) is 6.67. The van der Waals surface area contributed by atoms with Crippen LogP contribution in [0.25, 0.3) is 0 Å². The summed E-state index contributed by atoms with van der Waals surface area (Å²) in [5.74, 6) is -0.0387. The summed E-state index contributed by atoms with van der Waals surface area (Å²) >= 11 is 0. The van der Waals surface area contributed by atoms with Gasteiger partial charge in [0.25, 0.3) is 0 Å². The van der Waals surface area contributed by atoms with Crippen LogP contribution in [-0.2, 0) is 22.4 Å². The van der Waals surface area contributed by atoms with Gasteiger partial charge in [0, 0.05) is 12.1 Å². The van der Waals surface area contributed by atoms with Crippen LogP contribution in [-0.4, -0.2) is 23.6 Å². The number of carboxylic acid groups (broad SMARTS) is 1. The fourth-order valence-corrected chi connectivity index (χ4v) is 3.39. The third-order valence-corrected chi connectivity index (χ3v) is 4.85. The first kappa shape index (κ1) is 15.7. The minimum absolute atomic E-state index is 0.0681. The third-order valence-electron chi connectivity index (χ3n) is 4.85. The number of rotatable bonds is 5. The van der Waals surface area contributed by atoms with Gasteiger partial charge in [0.05, 0.1) is 18.9 Å². The highest BCUT2D eigenvalue weighted by molar-refractivity contribution is 5.92. The van der Waals surface area contributed by atoms with E-state index in [9.17, 15) is 9.59 Å². The van der Waals surface area contributed by atoms with Crippen molar-refractivity contribution in [3.05, 3.63) is 59.2 Å². The largest absolute Gasteiger partial charge is 0.493 e. The molecule has 2 aromatic carbocycles. The van der Waals surface area contributed by atoms with Gasteiger partial charge in [0.15, 0.2) is 0 Å². The van der Waals surface area contributed by atoms with Crippen LogP contribution in [0.4, 0.5) is 5.69 Å². The highest BCUT2D eigenvalue weighted by Crippen LogP contribution is 2.47. The van der Waals surface area contributed by atoms with Crippen molar-refractivity contribution in [1.82, 2.24) is 0 Å². The molecule has 2 aliphatic rings. The van der Waals surface area contributed by atoms with Gasteiger partial charge in [0.1, 0.15) is 5.75 Å². The SMILES string of the molecule is O=C(Cc1ccc2c(c1)CCO2)Nc1ccc([C@@H]2C[C@H]2C(=O)O)cc1. The van der Waals surface area contributed by atoms with Crippen molar-refractivity contribution in [3.63, 3.8) is 0 Å². The lowest BCUT2D eigenvalue weighted by Gasteiger charge is -2.07. The number of hydrogen-bond donors (Lipinski definition) is 2. The van der Waals surface area contributed by atoms with Crippen molar-refractivity contribution in [2.45, 2.75) is 25.2 Å². The van der Waals surface area contributed by atoms with Crippen molar-refractivity contribution in [2.75, 3.05) is 11.9 Å². The zero-order valence-corrected chi connectivity index (χ0v) is 13.7. The minimum atomic E-state index is -0.734. The van der Waals surface area contributed by atoms with Gasteiger partial charge in [-0.2, -0.15) is 0 Å². The highest BCUT2D eigenvalue weighted by atomic mass is 16.5. The number of amides is 1. The Morgan fingerprint density at radius 1 is 1.16 bits per heavy atom. The molecule has 1 aliphatic carbocycles. The molecule has 1 aliphatic heterocycles. The molecule has 4 rings (SSSR count). The molecular formula is C20H19NO4. The van der Waals surface area contributed by atoms with E-state index in [4.69, 9.17) is 9.84 Å². The molecule has 25 heavy (non-hydrogen) atoms. The normalized spacial score (nSPS) is 20.5. The number of benzene rings is 2.